The summed E-state index contributed by atoms with van der Waals surface area (Å²) in [5.41, 5.74) is 5.00. The zero-order valence-electron chi connectivity index (χ0n) is 10.5. The van der Waals surface area contributed by atoms with Crippen LogP contribution in [0.1, 0.15) is 20.3 Å². The number of nitrogens with two attached hydrogens (primary N) is 1. The Morgan fingerprint density at radius 3 is 2.94 bits per heavy atom. The Morgan fingerprint density at radius 1 is 1.71 bits per heavy atom. The number of carbonyl (C=O) groups excluding carboxylic acids is 1. The second kappa shape index (κ2) is 6.07. The van der Waals surface area contributed by atoms with Gasteiger partial charge in [0.1, 0.15) is 5.54 Å². The molecule has 5 nitrogen and oxygen atoms in total. The Balaban J connectivity index is 2.37. The highest BCUT2D eigenvalue weighted by molar-refractivity contribution is 7.99. The smallest absolute Gasteiger partial charge is 0.325 e. The van der Waals surface area contributed by atoms with Crippen LogP contribution in [0.3, 0.4) is 0 Å². The molecule has 17 heavy (non-hydrogen) atoms. The molecule has 0 aromatic carbocycles. The molecule has 0 aliphatic heterocycles. The highest BCUT2D eigenvalue weighted by Gasteiger charge is 2.29. The highest BCUT2D eigenvalue weighted by Crippen LogP contribution is 2.20. The number of ether oxygens (including phenoxy) is 1. The summed E-state index contributed by atoms with van der Waals surface area (Å²) < 4.78 is 6.67. The minimum absolute atomic E-state index is 0.341. The molecular formula is C11H19N3O2S. The summed E-state index contributed by atoms with van der Waals surface area (Å²) in [6.07, 6.45) is 4.30. The van der Waals surface area contributed by atoms with Crippen LogP contribution in [0.2, 0.25) is 0 Å². The average Bonchev–Trinajstić information content (AvgIpc) is 2.64. The quantitative estimate of drug-likeness (QED) is 0.612. The zero-order valence-corrected chi connectivity index (χ0v) is 11.3. The first-order valence-electron chi connectivity index (χ1n) is 5.53. The minimum atomic E-state index is -0.911. The second-order valence-corrected chi connectivity index (χ2v) is 5.25. The fourth-order valence-electron chi connectivity index (χ4n) is 1.25. The Morgan fingerprint density at radius 2 is 2.41 bits per heavy atom. The van der Waals surface area contributed by atoms with Gasteiger partial charge in [-0.15, -0.1) is 11.8 Å². The van der Waals surface area contributed by atoms with E-state index in [1.807, 2.05) is 13.2 Å². The van der Waals surface area contributed by atoms with Crippen LogP contribution in [0.5, 0.6) is 0 Å². The molecule has 0 aliphatic rings. The first-order valence-corrected chi connectivity index (χ1v) is 6.52. The molecule has 6 heteroatoms. The number of esters is 1. The van der Waals surface area contributed by atoms with Crippen LogP contribution < -0.4 is 5.73 Å². The van der Waals surface area contributed by atoms with Crippen LogP contribution in [0.4, 0.5) is 0 Å². The molecule has 0 amide bonds. The van der Waals surface area contributed by atoms with Gasteiger partial charge < -0.3 is 10.5 Å². The van der Waals surface area contributed by atoms with Gasteiger partial charge >= 0.3 is 5.97 Å². The lowest BCUT2D eigenvalue weighted by Gasteiger charge is -2.21. The van der Waals surface area contributed by atoms with E-state index in [0.717, 1.165) is 10.6 Å². The van der Waals surface area contributed by atoms with Crippen molar-refractivity contribution in [3.05, 3.63) is 12.4 Å². The van der Waals surface area contributed by atoms with Gasteiger partial charge in [-0.05, 0) is 20.3 Å². The SMILES string of the molecule is CCOC(=O)C(C)(N)CCSc1cnn(C)c1. The van der Waals surface area contributed by atoms with Crippen molar-refractivity contribution in [3.63, 3.8) is 0 Å². The van der Waals surface area contributed by atoms with E-state index in [1.54, 1.807) is 36.5 Å². The van der Waals surface area contributed by atoms with E-state index in [-0.39, 0.29) is 5.97 Å². The normalized spacial score (nSPS) is 14.4. The first-order chi connectivity index (χ1) is 7.95. The van der Waals surface area contributed by atoms with E-state index in [2.05, 4.69) is 5.10 Å². The van der Waals surface area contributed by atoms with Crippen LogP contribution in [0, 0.1) is 0 Å². The molecule has 1 aromatic heterocycles. The number of hydrogen-bond donors (Lipinski definition) is 1. The molecule has 0 bridgehead atoms. The molecule has 1 heterocycles. The van der Waals surface area contributed by atoms with Crippen molar-refractivity contribution in [3.8, 4) is 0 Å². The lowest BCUT2D eigenvalue weighted by molar-refractivity contribution is -0.149. The number of carbonyl (C=O) groups is 1. The van der Waals surface area contributed by atoms with Crippen LogP contribution in [-0.2, 0) is 16.6 Å². The van der Waals surface area contributed by atoms with E-state index in [4.69, 9.17) is 10.5 Å². The maximum atomic E-state index is 11.5. The summed E-state index contributed by atoms with van der Waals surface area (Å²) in [6, 6.07) is 0. The molecular weight excluding hydrogens is 238 g/mol. The molecule has 1 aromatic rings. The zero-order chi connectivity index (χ0) is 12.9. The topological polar surface area (TPSA) is 70.1 Å². The molecule has 0 radical (unpaired) electrons. The Hall–Kier alpha value is -1.01. The van der Waals surface area contributed by atoms with Crippen LogP contribution in [0.15, 0.2) is 17.3 Å². The number of nitrogens with zero attached hydrogens (tertiary/aromatic N) is 2. The van der Waals surface area contributed by atoms with Crippen LogP contribution in [0.25, 0.3) is 0 Å². The van der Waals surface area contributed by atoms with Crippen molar-refractivity contribution in [1.29, 1.82) is 0 Å². The fourth-order valence-corrected chi connectivity index (χ4v) is 2.36. The summed E-state index contributed by atoms with van der Waals surface area (Å²) in [6.45, 7) is 3.84. The van der Waals surface area contributed by atoms with Gasteiger partial charge in [-0.25, -0.2) is 0 Å². The van der Waals surface area contributed by atoms with Gasteiger partial charge in [0.05, 0.1) is 12.8 Å². The van der Waals surface area contributed by atoms with Crippen molar-refractivity contribution in [2.24, 2.45) is 12.8 Å². The minimum Gasteiger partial charge on any atom is -0.465 e. The monoisotopic (exact) mass is 257 g/mol. The molecule has 1 rings (SSSR count). The van der Waals surface area contributed by atoms with Gasteiger partial charge in [-0.2, -0.15) is 5.10 Å². The number of aromatic nitrogens is 2. The van der Waals surface area contributed by atoms with Crippen molar-refractivity contribution in [1.82, 2.24) is 9.78 Å². The Bertz CT molecular complexity index is 377. The standard InChI is InChI=1S/C11H19N3O2S/c1-4-16-10(15)11(2,12)5-6-17-9-7-13-14(3)8-9/h7-8H,4-6,12H2,1-3H3. The third-order valence-corrected chi connectivity index (χ3v) is 3.27. The highest BCUT2D eigenvalue weighted by atomic mass is 32.2. The number of aryl methyl sites for hydroxylation is 1. The third-order valence-electron chi connectivity index (χ3n) is 2.31. The summed E-state index contributed by atoms with van der Waals surface area (Å²) in [5, 5.41) is 4.07. The molecule has 96 valence electrons. The van der Waals surface area contributed by atoms with Gasteiger partial charge in [0, 0.05) is 23.9 Å². The summed E-state index contributed by atoms with van der Waals surface area (Å²) >= 11 is 1.63. The van der Waals surface area contributed by atoms with Crippen molar-refractivity contribution >= 4 is 17.7 Å². The van der Waals surface area contributed by atoms with Gasteiger partial charge in [-0.3, -0.25) is 9.48 Å². The number of hydrogen-bond acceptors (Lipinski definition) is 5. The van der Waals surface area contributed by atoms with Gasteiger partial charge in [-0.1, -0.05) is 0 Å². The molecule has 2 N–H and O–H groups in total. The van der Waals surface area contributed by atoms with E-state index < -0.39 is 5.54 Å². The van der Waals surface area contributed by atoms with Crippen molar-refractivity contribution in [2.75, 3.05) is 12.4 Å². The summed E-state index contributed by atoms with van der Waals surface area (Å²) in [7, 11) is 1.87. The third kappa shape index (κ3) is 4.40. The van der Waals surface area contributed by atoms with Gasteiger partial charge in [0.15, 0.2) is 0 Å². The van der Waals surface area contributed by atoms with E-state index in [1.165, 1.54) is 0 Å². The number of rotatable bonds is 6. The van der Waals surface area contributed by atoms with Crippen molar-refractivity contribution < 1.29 is 9.53 Å². The van der Waals surface area contributed by atoms with E-state index >= 15 is 0 Å². The summed E-state index contributed by atoms with van der Waals surface area (Å²) in [5.74, 6) is 0.420. The Labute approximate surface area is 106 Å². The second-order valence-electron chi connectivity index (χ2n) is 4.09. The lowest BCUT2D eigenvalue weighted by atomic mass is 10.0. The van der Waals surface area contributed by atoms with Crippen LogP contribution >= 0.6 is 11.8 Å². The molecule has 0 saturated carbocycles. The predicted octanol–water partition coefficient (Wildman–Crippen LogP) is 1.18. The van der Waals surface area contributed by atoms with Crippen LogP contribution in [-0.4, -0.2) is 33.6 Å². The van der Waals surface area contributed by atoms with Crippen molar-refractivity contribution in [2.45, 2.75) is 30.7 Å². The molecule has 1 unspecified atom stereocenters. The fraction of sp³-hybridized carbons (Fsp3) is 0.636. The van der Waals surface area contributed by atoms with E-state index in [9.17, 15) is 4.79 Å². The predicted molar refractivity (Wildman–Crippen MR) is 67.8 cm³/mol. The first kappa shape index (κ1) is 14.1. The maximum absolute atomic E-state index is 11.5. The molecule has 0 aliphatic carbocycles. The largest absolute Gasteiger partial charge is 0.465 e. The lowest BCUT2D eigenvalue weighted by Crippen LogP contribution is -2.46. The summed E-state index contributed by atoms with van der Waals surface area (Å²) in [4.78, 5) is 12.6. The van der Waals surface area contributed by atoms with E-state index in [0.29, 0.717) is 13.0 Å². The number of thioether (sulfide) groups is 1. The van der Waals surface area contributed by atoms with Gasteiger partial charge in [0.25, 0.3) is 0 Å². The molecule has 0 saturated heterocycles. The molecule has 0 fully saturated rings. The molecule has 0 spiro atoms. The van der Waals surface area contributed by atoms with Gasteiger partial charge in [0.2, 0.25) is 0 Å². The molecule has 1 atom stereocenters. The Kier molecular flexibility index (Phi) is 5.02. The maximum Gasteiger partial charge on any atom is 0.325 e. The average molecular weight is 257 g/mol.